The molecule has 0 aliphatic heterocycles. The lowest BCUT2D eigenvalue weighted by atomic mass is 9.87. The monoisotopic (exact) mass is 205 g/mol. The maximum Gasteiger partial charge on any atom is 0.211 e. The second-order valence-corrected chi connectivity index (χ2v) is 5.93. The molecule has 0 bridgehead atoms. The third-order valence-corrected chi connectivity index (χ3v) is 4.24. The minimum absolute atomic E-state index is 0.179. The lowest BCUT2D eigenvalue weighted by molar-refractivity contribution is 0.310. The summed E-state index contributed by atoms with van der Waals surface area (Å²) in [6, 6.07) is 0.179. The Morgan fingerprint density at radius 2 is 1.92 bits per heavy atom. The van der Waals surface area contributed by atoms with Crippen molar-refractivity contribution in [1.82, 2.24) is 4.72 Å². The van der Waals surface area contributed by atoms with Crippen LogP contribution in [0.15, 0.2) is 0 Å². The van der Waals surface area contributed by atoms with Gasteiger partial charge in [-0.3, -0.25) is 0 Å². The fourth-order valence-corrected chi connectivity index (χ4v) is 2.78. The van der Waals surface area contributed by atoms with E-state index in [0.717, 1.165) is 19.3 Å². The van der Waals surface area contributed by atoms with Crippen LogP contribution < -0.4 is 4.72 Å². The fraction of sp³-hybridized carbons (Fsp3) is 1.00. The Balaban J connectivity index is 2.52. The summed E-state index contributed by atoms with van der Waals surface area (Å²) >= 11 is 0. The Hall–Kier alpha value is -0.0900. The van der Waals surface area contributed by atoms with Crippen LogP contribution in [0.5, 0.6) is 0 Å². The average Bonchev–Trinajstić information content (AvgIpc) is 2.09. The van der Waals surface area contributed by atoms with Gasteiger partial charge in [-0.05, 0) is 25.7 Å². The highest BCUT2D eigenvalue weighted by molar-refractivity contribution is 7.89. The van der Waals surface area contributed by atoms with Crippen LogP contribution in [-0.4, -0.2) is 20.2 Å². The highest BCUT2D eigenvalue weighted by Gasteiger charge is 2.24. The van der Waals surface area contributed by atoms with Crippen LogP contribution in [-0.2, 0) is 10.0 Å². The van der Waals surface area contributed by atoms with Gasteiger partial charge in [-0.25, -0.2) is 13.1 Å². The predicted octanol–water partition coefficient (Wildman–Crippen LogP) is 1.50. The van der Waals surface area contributed by atoms with Gasteiger partial charge in [0.25, 0.3) is 0 Å². The quantitative estimate of drug-likeness (QED) is 0.759. The molecule has 1 N–H and O–H groups in total. The van der Waals surface area contributed by atoms with E-state index in [-0.39, 0.29) is 11.8 Å². The van der Waals surface area contributed by atoms with E-state index in [2.05, 4.69) is 11.6 Å². The van der Waals surface area contributed by atoms with Crippen LogP contribution in [0, 0.1) is 5.92 Å². The summed E-state index contributed by atoms with van der Waals surface area (Å²) < 4.78 is 25.4. The number of hydrogen-bond donors (Lipinski definition) is 1. The number of nitrogens with one attached hydrogen (secondary N) is 1. The molecule has 0 aromatic rings. The predicted molar refractivity (Wildman–Crippen MR) is 54.0 cm³/mol. The molecular formula is C9H19NO2S. The van der Waals surface area contributed by atoms with E-state index in [4.69, 9.17) is 0 Å². The Kier molecular flexibility index (Phi) is 3.74. The van der Waals surface area contributed by atoms with Crippen LogP contribution >= 0.6 is 0 Å². The van der Waals surface area contributed by atoms with Crippen LogP contribution in [0.4, 0.5) is 0 Å². The molecule has 0 heterocycles. The van der Waals surface area contributed by atoms with Crippen molar-refractivity contribution in [2.45, 2.75) is 45.6 Å². The molecule has 0 aromatic carbocycles. The fourth-order valence-electron chi connectivity index (χ4n) is 1.81. The molecule has 1 aliphatic rings. The molecule has 2 unspecified atom stereocenters. The summed E-state index contributed by atoms with van der Waals surface area (Å²) in [5.41, 5.74) is 0. The van der Waals surface area contributed by atoms with Crippen LogP contribution in [0.25, 0.3) is 0 Å². The van der Waals surface area contributed by atoms with E-state index < -0.39 is 10.0 Å². The first-order chi connectivity index (χ1) is 6.05. The van der Waals surface area contributed by atoms with Crippen LogP contribution in [0.3, 0.4) is 0 Å². The van der Waals surface area contributed by atoms with E-state index in [1.54, 1.807) is 6.92 Å². The van der Waals surface area contributed by atoms with Gasteiger partial charge in [-0.2, -0.15) is 0 Å². The first-order valence-electron chi connectivity index (χ1n) is 5.05. The van der Waals surface area contributed by atoms with Gasteiger partial charge in [0.1, 0.15) is 0 Å². The Morgan fingerprint density at radius 3 is 2.46 bits per heavy atom. The smallest absolute Gasteiger partial charge is 0.211 e. The Bertz CT molecular complexity index is 248. The molecule has 13 heavy (non-hydrogen) atoms. The topological polar surface area (TPSA) is 46.2 Å². The molecule has 0 amide bonds. The van der Waals surface area contributed by atoms with E-state index in [0.29, 0.717) is 5.92 Å². The normalized spacial score (nSPS) is 30.3. The first-order valence-corrected chi connectivity index (χ1v) is 6.70. The van der Waals surface area contributed by atoms with Gasteiger partial charge < -0.3 is 0 Å². The van der Waals surface area contributed by atoms with Crippen LogP contribution in [0.1, 0.15) is 39.5 Å². The van der Waals surface area contributed by atoms with E-state index >= 15 is 0 Å². The molecule has 1 fully saturated rings. The minimum atomic E-state index is -3.00. The second-order valence-electron chi connectivity index (χ2n) is 3.89. The number of sulfonamides is 1. The van der Waals surface area contributed by atoms with E-state index in [9.17, 15) is 8.42 Å². The Labute approximate surface area is 81.0 Å². The maximum atomic E-state index is 11.3. The van der Waals surface area contributed by atoms with E-state index in [1.807, 2.05) is 0 Å². The van der Waals surface area contributed by atoms with Crippen molar-refractivity contribution in [2.24, 2.45) is 5.92 Å². The lowest BCUT2D eigenvalue weighted by Crippen LogP contribution is -2.41. The lowest BCUT2D eigenvalue weighted by Gasteiger charge is -2.28. The van der Waals surface area contributed by atoms with Gasteiger partial charge in [0.15, 0.2) is 0 Å². The zero-order chi connectivity index (χ0) is 9.90. The molecule has 4 heteroatoms. The van der Waals surface area contributed by atoms with Crippen molar-refractivity contribution in [2.75, 3.05) is 5.75 Å². The maximum absolute atomic E-state index is 11.3. The molecule has 1 rings (SSSR count). The third-order valence-electron chi connectivity index (χ3n) is 2.82. The average molecular weight is 205 g/mol. The van der Waals surface area contributed by atoms with Gasteiger partial charge in [-0.1, -0.05) is 19.8 Å². The SMILES string of the molecule is CCS(=O)(=O)NC1CCCCC1C. The first kappa shape index (κ1) is 11.0. The van der Waals surface area contributed by atoms with Gasteiger partial charge in [0, 0.05) is 6.04 Å². The number of rotatable bonds is 3. The molecule has 3 nitrogen and oxygen atoms in total. The summed E-state index contributed by atoms with van der Waals surface area (Å²) in [6.07, 6.45) is 4.55. The van der Waals surface area contributed by atoms with Gasteiger partial charge in [0.2, 0.25) is 10.0 Å². The van der Waals surface area contributed by atoms with Gasteiger partial charge in [-0.15, -0.1) is 0 Å². The van der Waals surface area contributed by atoms with Crippen molar-refractivity contribution in [3.05, 3.63) is 0 Å². The highest BCUT2D eigenvalue weighted by atomic mass is 32.2. The zero-order valence-electron chi connectivity index (χ0n) is 8.41. The van der Waals surface area contributed by atoms with Crippen molar-refractivity contribution in [1.29, 1.82) is 0 Å². The van der Waals surface area contributed by atoms with E-state index in [1.165, 1.54) is 6.42 Å². The molecule has 0 radical (unpaired) electrons. The molecule has 1 saturated carbocycles. The van der Waals surface area contributed by atoms with Gasteiger partial charge >= 0.3 is 0 Å². The van der Waals surface area contributed by atoms with Crippen molar-refractivity contribution >= 4 is 10.0 Å². The Morgan fingerprint density at radius 1 is 1.31 bits per heavy atom. The largest absolute Gasteiger partial charge is 0.212 e. The molecule has 2 atom stereocenters. The second kappa shape index (κ2) is 4.42. The summed E-state index contributed by atoms with van der Waals surface area (Å²) in [5.74, 6) is 0.686. The zero-order valence-corrected chi connectivity index (χ0v) is 9.23. The summed E-state index contributed by atoms with van der Waals surface area (Å²) in [4.78, 5) is 0. The highest BCUT2D eigenvalue weighted by Crippen LogP contribution is 2.24. The van der Waals surface area contributed by atoms with Crippen molar-refractivity contribution in [3.63, 3.8) is 0 Å². The molecule has 0 aromatic heterocycles. The van der Waals surface area contributed by atoms with Crippen LogP contribution in [0.2, 0.25) is 0 Å². The molecular weight excluding hydrogens is 186 g/mol. The summed E-state index contributed by atoms with van der Waals surface area (Å²) in [6.45, 7) is 3.80. The number of hydrogen-bond acceptors (Lipinski definition) is 2. The summed E-state index contributed by atoms with van der Waals surface area (Å²) in [7, 11) is -3.00. The van der Waals surface area contributed by atoms with Gasteiger partial charge in [0.05, 0.1) is 5.75 Å². The molecule has 0 spiro atoms. The van der Waals surface area contributed by atoms with Crippen molar-refractivity contribution in [3.8, 4) is 0 Å². The molecule has 78 valence electrons. The standard InChI is InChI=1S/C9H19NO2S/c1-3-13(11,12)10-9-7-5-4-6-8(9)2/h8-10H,3-7H2,1-2H3. The third kappa shape index (κ3) is 3.27. The molecule has 0 saturated heterocycles. The molecule has 1 aliphatic carbocycles. The minimum Gasteiger partial charge on any atom is -0.212 e. The summed E-state index contributed by atoms with van der Waals surface area (Å²) in [5, 5.41) is 0. The van der Waals surface area contributed by atoms with Crippen molar-refractivity contribution < 1.29 is 8.42 Å².